The summed E-state index contributed by atoms with van der Waals surface area (Å²) in [6.45, 7) is 0.264. The van der Waals surface area contributed by atoms with E-state index in [9.17, 15) is 9.18 Å². The molecule has 9 heteroatoms. The molecule has 0 heterocycles. The Hall–Kier alpha value is -1.93. The highest BCUT2D eigenvalue weighted by Gasteiger charge is 2.10. The first kappa shape index (κ1) is 23.7. The van der Waals surface area contributed by atoms with Gasteiger partial charge in [0.05, 0.1) is 21.6 Å². The van der Waals surface area contributed by atoms with Crippen molar-refractivity contribution in [2.24, 2.45) is 5.10 Å². The molecule has 1 N–H and O–H groups in total. The van der Waals surface area contributed by atoms with E-state index >= 15 is 0 Å². The summed E-state index contributed by atoms with van der Waals surface area (Å²) in [6, 6.07) is 14.6. The van der Waals surface area contributed by atoms with Crippen molar-refractivity contribution in [3.63, 3.8) is 0 Å². The van der Waals surface area contributed by atoms with E-state index in [0.29, 0.717) is 30.3 Å². The zero-order valence-electron chi connectivity index (χ0n) is 15.8. The summed E-state index contributed by atoms with van der Waals surface area (Å²) in [5, 5.41) is 5.06. The average Bonchev–Trinajstić information content (AvgIpc) is 2.70. The zero-order valence-corrected chi connectivity index (χ0v) is 20.5. The highest BCUT2D eigenvalue weighted by molar-refractivity contribution is 9.11. The molecule has 160 valence electrons. The molecule has 0 spiro atoms. The fraction of sp³-hybridized carbons (Fsp3) is 0.0909. The van der Waals surface area contributed by atoms with Crippen molar-refractivity contribution in [1.29, 1.82) is 0 Å². The molecule has 4 nitrogen and oxygen atoms in total. The van der Waals surface area contributed by atoms with Gasteiger partial charge < -0.3 is 4.74 Å². The maximum atomic E-state index is 12.9. The Balaban J connectivity index is 1.60. The number of amides is 1. The zero-order chi connectivity index (χ0) is 22.4. The maximum Gasteiger partial charge on any atom is 0.244 e. The van der Waals surface area contributed by atoms with Crippen molar-refractivity contribution < 1.29 is 13.9 Å². The average molecular weight is 589 g/mol. The molecule has 0 radical (unpaired) electrons. The van der Waals surface area contributed by atoms with Crippen molar-refractivity contribution in [2.75, 3.05) is 0 Å². The van der Waals surface area contributed by atoms with Crippen LogP contribution in [0, 0.1) is 5.82 Å². The van der Waals surface area contributed by atoms with E-state index in [2.05, 4.69) is 42.4 Å². The molecule has 0 bridgehead atoms. The normalized spacial score (nSPS) is 11.0. The molecule has 0 aliphatic rings. The highest BCUT2D eigenvalue weighted by Crippen LogP contribution is 2.35. The fourth-order valence-corrected chi connectivity index (χ4v) is 4.50. The number of nitrogens with one attached hydrogen (secondary N) is 1. The summed E-state index contributed by atoms with van der Waals surface area (Å²) in [5.74, 6) is -0.0497. The Morgan fingerprint density at radius 1 is 1.06 bits per heavy atom. The van der Waals surface area contributed by atoms with Crippen LogP contribution in [-0.2, 0) is 17.8 Å². The van der Waals surface area contributed by atoms with Gasteiger partial charge in [-0.1, -0.05) is 41.4 Å². The Labute approximate surface area is 205 Å². The number of halogens is 5. The lowest BCUT2D eigenvalue weighted by Gasteiger charge is -2.12. The number of hydrogen-bond acceptors (Lipinski definition) is 3. The molecular formula is C22H15Br2Cl2FN2O2. The van der Waals surface area contributed by atoms with Gasteiger partial charge in [-0.15, -0.1) is 0 Å². The van der Waals surface area contributed by atoms with Crippen molar-refractivity contribution in [3.8, 4) is 5.75 Å². The van der Waals surface area contributed by atoms with E-state index in [4.69, 9.17) is 27.9 Å². The summed E-state index contributed by atoms with van der Waals surface area (Å²) in [4.78, 5) is 12.0. The Kier molecular flexibility index (Phi) is 8.49. The lowest BCUT2D eigenvalue weighted by Crippen LogP contribution is -2.19. The third kappa shape index (κ3) is 7.04. The monoisotopic (exact) mass is 586 g/mol. The number of benzene rings is 3. The van der Waals surface area contributed by atoms with Crippen molar-refractivity contribution in [3.05, 3.63) is 96.1 Å². The first-order chi connectivity index (χ1) is 14.8. The second-order valence-electron chi connectivity index (χ2n) is 6.43. The van der Waals surface area contributed by atoms with Gasteiger partial charge in [-0.05, 0) is 79.4 Å². The van der Waals surface area contributed by atoms with Gasteiger partial charge in [0, 0.05) is 15.6 Å². The van der Waals surface area contributed by atoms with Gasteiger partial charge in [0.15, 0.2) is 0 Å². The Morgan fingerprint density at radius 3 is 2.39 bits per heavy atom. The lowest BCUT2D eigenvalue weighted by atomic mass is 10.1. The number of hydrogen-bond donors (Lipinski definition) is 1. The van der Waals surface area contributed by atoms with Gasteiger partial charge in [-0.3, -0.25) is 4.79 Å². The minimum Gasteiger partial charge on any atom is -0.486 e. The molecule has 0 saturated carbocycles. The summed E-state index contributed by atoms with van der Waals surface area (Å²) in [5.41, 5.74) is 4.69. The minimum atomic E-state index is -0.345. The van der Waals surface area contributed by atoms with Gasteiger partial charge >= 0.3 is 0 Å². The molecule has 0 atom stereocenters. The molecule has 0 unspecified atom stereocenters. The number of ether oxygens (including phenoxy) is 1. The maximum absolute atomic E-state index is 12.9. The standard InChI is InChI=1S/C22H15Br2Cl2FN2O2/c23-18-7-14(11-28-29-21(30)9-13-1-5-17(27)6-2-13)8-19(24)22(18)31-12-15-3-4-16(25)10-20(15)26/h1-8,10-11H,9,12H2,(H,29,30)/b28-11+. The van der Waals surface area contributed by atoms with Crippen LogP contribution in [0.1, 0.15) is 16.7 Å². The minimum absolute atomic E-state index is 0.102. The molecule has 1 amide bonds. The van der Waals surface area contributed by atoms with Gasteiger partial charge in [-0.25, -0.2) is 9.82 Å². The predicted octanol–water partition coefficient (Wildman–Crippen LogP) is 6.93. The van der Waals surface area contributed by atoms with Crippen LogP contribution in [0.5, 0.6) is 5.75 Å². The van der Waals surface area contributed by atoms with Gasteiger partial charge in [0.25, 0.3) is 0 Å². The van der Waals surface area contributed by atoms with Crippen molar-refractivity contribution in [1.82, 2.24) is 5.43 Å². The van der Waals surface area contributed by atoms with Crippen LogP contribution >= 0.6 is 55.1 Å². The molecular weight excluding hydrogens is 574 g/mol. The molecule has 0 aliphatic heterocycles. The van der Waals surface area contributed by atoms with Crippen LogP contribution in [0.15, 0.2) is 68.6 Å². The lowest BCUT2D eigenvalue weighted by molar-refractivity contribution is -0.120. The van der Waals surface area contributed by atoms with Crippen LogP contribution in [0.4, 0.5) is 4.39 Å². The third-order valence-electron chi connectivity index (χ3n) is 4.09. The van der Waals surface area contributed by atoms with Crippen molar-refractivity contribution >= 4 is 67.2 Å². The predicted molar refractivity (Wildman–Crippen MR) is 128 cm³/mol. The Bertz CT molecular complexity index is 1100. The van der Waals surface area contributed by atoms with E-state index in [0.717, 1.165) is 11.1 Å². The second kappa shape index (κ2) is 11.1. The Morgan fingerprint density at radius 2 is 1.74 bits per heavy atom. The summed E-state index contributed by atoms with van der Waals surface area (Å²) < 4.78 is 20.2. The molecule has 3 aromatic carbocycles. The number of nitrogens with zero attached hydrogens (tertiary/aromatic N) is 1. The molecule has 0 saturated heterocycles. The first-order valence-electron chi connectivity index (χ1n) is 8.94. The molecule has 3 aromatic rings. The van der Waals surface area contributed by atoms with Gasteiger partial charge in [0.2, 0.25) is 5.91 Å². The summed E-state index contributed by atoms with van der Waals surface area (Å²) in [6.07, 6.45) is 1.61. The molecule has 0 fully saturated rings. The van der Waals surface area contributed by atoms with Crippen LogP contribution < -0.4 is 10.2 Å². The van der Waals surface area contributed by atoms with Crippen LogP contribution in [0.25, 0.3) is 0 Å². The molecule has 31 heavy (non-hydrogen) atoms. The van der Waals surface area contributed by atoms with E-state index < -0.39 is 0 Å². The number of carbonyl (C=O) groups is 1. The van der Waals surface area contributed by atoms with Crippen LogP contribution in [0.2, 0.25) is 10.0 Å². The number of hydrazone groups is 1. The third-order valence-corrected chi connectivity index (χ3v) is 5.85. The molecule has 0 aromatic heterocycles. The van der Waals surface area contributed by atoms with E-state index in [1.54, 1.807) is 36.4 Å². The van der Waals surface area contributed by atoms with Gasteiger partial charge in [0.1, 0.15) is 18.2 Å². The first-order valence-corrected chi connectivity index (χ1v) is 11.3. The molecule has 0 aliphatic carbocycles. The largest absolute Gasteiger partial charge is 0.486 e. The highest BCUT2D eigenvalue weighted by atomic mass is 79.9. The summed E-state index contributed by atoms with van der Waals surface area (Å²) in [7, 11) is 0. The SMILES string of the molecule is O=C(Cc1ccc(F)cc1)N/N=C/c1cc(Br)c(OCc2ccc(Cl)cc2Cl)c(Br)c1. The summed E-state index contributed by atoms with van der Waals surface area (Å²) >= 11 is 19.1. The van der Waals surface area contributed by atoms with Crippen LogP contribution in [-0.4, -0.2) is 12.1 Å². The van der Waals surface area contributed by atoms with E-state index in [1.807, 2.05) is 6.07 Å². The number of rotatable bonds is 7. The topological polar surface area (TPSA) is 50.7 Å². The quantitative estimate of drug-likeness (QED) is 0.240. The number of carbonyl (C=O) groups excluding carboxylic acids is 1. The fourth-order valence-electron chi connectivity index (χ4n) is 2.59. The van der Waals surface area contributed by atoms with E-state index in [-0.39, 0.29) is 24.8 Å². The second-order valence-corrected chi connectivity index (χ2v) is 8.99. The van der Waals surface area contributed by atoms with Crippen LogP contribution in [0.3, 0.4) is 0 Å². The molecule has 3 rings (SSSR count). The van der Waals surface area contributed by atoms with Gasteiger partial charge in [-0.2, -0.15) is 5.10 Å². The van der Waals surface area contributed by atoms with E-state index in [1.165, 1.54) is 18.3 Å². The van der Waals surface area contributed by atoms with Crippen molar-refractivity contribution in [2.45, 2.75) is 13.0 Å². The smallest absolute Gasteiger partial charge is 0.244 e.